The third kappa shape index (κ3) is 3.97. The maximum Gasteiger partial charge on any atom is 0.417 e. The van der Waals surface area contributed by atoms with Crippen molar-refractivity contribution in [1.82, 2.24) is 24.1 Å². The zero-order valence-corrected chi connectivity index (χ0v) is 18.8. The summed E-state index contributed by atoms with van der Waals surface area (Å²) in [5.74, 6) is 0.953. The monoisotopic (exact) mass is 471 g/mol. The molecular weight excluding hydrogens is 447 g/mol. The van der Waals surface area contributed by atoms with E-state index in [1.165, 1.54) is 10.5 Å². The van der Waals surface area contributed by atoms with Gasteiger partial charge >= 0.3 is 6.18 Å². The molecule has 0 radical (unpaired) electrons. The Kier molecular flexibility index (Phi) is 5.45. The third-order valence-electron chi connectivity index (χ3n) is 6.53. The minimum absolute atomic E-state index is 0.0895. The van der Waals surface area contributed by atoms with Crippen LogP contribution in [0.3, 0.4) is 0 Å². The summed E-state index contributed by atoms with van der Waals surface area (Å²) in [6, 6.07) is 7.92. The molecule has 34 heavy (non-hydrogen) atoms. The van der Waals surface area contributed by atoms with E-state index in [1.54, 1.807) is 11.2 Å². The number of nitrogens with zero attached hydrogens (tertiary/aromatic N) is 5. The van der Waals surface area contributed by atoms with Crippen molar-refractivity contribution in [3.8, 4) is 0 Å². The highest BCUT2D eigenvalue weighted by molar-refractivity contribution is 5.95. The van der Waals surface area contributed by atoms with Crippen LogP contribution in [0.4, 0.5) is 13.2 Å². The van der Waals surface area contributed by atoms with E-state index in [4.69, 9.17) is 4.42 Å². The summed E-state index contributed by atoms with van der Waals surface area (Å²) >= 11 is 0. The van der Waals surface area contributed by atoms with Crippen LogP contribution in [0.2, 0.25) is 0 Å². The number of rotatable bonds is 4. The van der Waals surface area contributed by atoms with Gasteiger partial charge in [-0.05, 0) is 57.0 Å². The van der Waals surface area contributed by atoms with Gasteiger partial charge in [0.25, 0.3) is 5.91 Å². The van der Waals surface area contributed by atoms with E-state index in [-0.39, 0.29) is 11.8 Å². The van der Waals surface area contributed by atoms with Gasteiger partial charge in [0.05, 0.1) is 23.9 Å². The third-order valence-corrected chi connectivity index (χ3v) is 6.53. The number of hydrogen-bond acceptors (Lipinski definition) is 4. The number of aromatic nitrogens is 4. The number of alkyl halides is 3. The van der Waals surface area contributed by atoms with Crippen LogP contribution in [0, 0.1) is 13.8 Å². The van der Waals surface area contributed by atoms with Crippen LogP contribution in [0.15, 0.2) is 47.2 Å². The molecular formula is C24H24F3N5O2. The van der Waals surface area contributed by atoms with Crippen molar-refractivity contribution in [3.63, 3.8) is 0 Å². The molecule has 1 atom stereocenters. The van der Waals surface area contributed by atoms with Crippen molar-refractivity contribution in [2.45, 2.75) is 45.3 Å². The second-order valence-electron chi connectivity index (χ2n) is 8.74. The standard InChI is InChI=1S/C24H24F3N5O2/c1-15-11-20(16(2)31(15)14-19-6-4-10-34-19)23(33)30-9-3-5-17(12-30)22-29-28-21-8-7-18(13-32(21)22)24(25,26)27/h4,6-8,10-11,13,17H,3,5,9,12,14H2,1-2H3. The molecule has 1 aliphatic rings. The quantitative estimate of drug-likeness (QED) is 0.428. The number of amides is 1. The van der Waals surface area contributed by atoms with Gasteiger partial charge in [0.2, 0.25) is 0 Å². The maximum atomic E-state index is 13.5. The minimum atomic E-state index is -4.46. The Morgan fingerprint density at radius 1 is 1.21 bits per heavy atom. The number of hydrogen-bond donors (Lipinski definition) is 0. The number of pyridine rings is 1. The smallest absolute Gasteiger partial charge is 0.417 e. The lowest BCUT2D eigenvalue weighted by atomic mass is 9.96. The minimum Gasteiger partial charge on any atom is -0.467 e. The lowest BCUT2D eigenvalue weighted by Crippen LogP contribution is -2.39. The first-order chi connectivity index (χ1) is 16.2. The molecule has 4 aromatic heterocycles. The van der Waals surface area contributed by atoms with E-state index in [0.29, 0.717) is 36.7 Å². The van der Waals surface area contributed by atoms with E-state index < -0.39 is 11.7 Å². The summed E-state index contributed by atoms with van der Waals surface area (Å²) in [5.41, 5.74) is 2.02. The zero-order valence-electron chi connectivity index (χ0n) is 18.8. The molecule has 0 aliphatic carbocycles. The Balaban J connectivity index is 1.40. The van der Waals surface area contributed by atoms with Crippen molar-refractivity contribution >= 4 is 11.6 Å². The summed E-state index contributed by atoms with van der Waals surface area (Å²) in [6.45, 7) is 5.36. The van der Waals surface area contributed by atoms with Crippen molar-refractivity contribution in [2.24, 2.45) is 0 Å². The summed E-state index contributed by atoms with van der Waals surface area (Å²) in [4.78, 5) is 15.2. The van der Waals surface area contributed by atoms with Gasteiger partial charge in [0, 0.05) is 36.6 Å². The van der Waals surface area contributed by atoms with Gasteiger partial charge in [-0.25, -0.2) is 0 Å². The summed E-state index contributed by atoms with van der Waals surface area (Å²) in [7, 11) is 0. The molecule has 4 aromatic rings. The fourth-order valence-corrected chi connectivity index (χ4v) is 4.72. The summed E-state index contributed by atoms with van der Waals surface area (Å²) in [6.07, 6.45) is -0.348. The van der Waals surface area contributed by atoms with Crippen molar-refractivity contribution in [3.05, 3.63) is 76.9 Å². The number of piperidine rings is 1. The maximum absolute atomic E-state index is 13.5. The van der Waals surface area contributed by atoms with E-state index in [9.17, 15) is 18.0 Å². The van der Waals surface area contributed by atoms with Crippen LogP contribution in [-0.4, -0.2) is 43.1 Å². The topological polar surface area (TPSA) is 68.6 Å². The number of halogens is 3. The van der Waals surface area contributed by atoms with E-state index in [0.717, 1.165) is 42.3 Å². The van der Waals surface area contributed by atoms with Crippen LogP contribution in [0.1, 0.15) is 57.7 Å². The largest absolute Gasteiger partial charge is 0.467 e. The van der Waals surface area contributed by atoms with Gasteiger partial charge in [0.1, 0.15) is 11.6 Å². The second-order valence-corrected chi connectivity index (χ2v) is 8.74. The van der Waals surface area contributed by atoms with Gasteiger partial charge < -0.3 is 13.9 Å². The number of aryl methyl sites for hydroxylation is 1. The summed E-state index contributed by atoms with van der Waals surface area (Å²) < 4.78 is 48.6. The first kappa shape index (κ1) is 22.2. The first-order valence-electron chi connectivity index (χ1n) is 11.1. The molecule has 0 aromatic carbocycles. The molecule has 5 rings (SSSR count). The Labute approximate surface area is 193 Å². The molecule has 7 nitrogen and oxygen atoms in total. The second kappa shape index (κ2) is 8.34. The number of furan rings is 1. The van der Waals surface area contributed by atoms with Gasteiger partial charge in [-0.2, -0.15) is 13.2 Å². The lowest BCUT2D eigenvalue weighted by molar-refractivity contribution is -0.137. The Hall–Kier alpha value is -3.56. The highest BCUT2D eigenvalue weighted by Crippen LogP contribution is 2.32. The predicted molar refractivity (Wildman–Crippen MR) is 118 cm³/mol. The number of likely N-dealkylation sites (tertiary alicyclic amines) is 1. The van der Waals surface area contributed by atoms with Crippen LogP contribution < -0.4 is 0 Å². The zero-order chi connectivity index (χ0) is 24.0. The van der Waals surface area contributed by atoms with Crippen LogP contribution >= 0.6 is 0 Å². The fraction of sp³-hybridized carbons (Fsp3) is 0.375. The van der Waals surface area contributed by atoms with Crippen LogP contribution in [0.25, 0.3) is 5.65 Å². The Morgan fingerprint density at radius 2 is 2.03 bits per heavy atom. The average Bonchev–Trinajstić information content (AvgIpc) is 3.54. The van der Waals surface area contributed by atoms with Gasteiger partial charge in [0.15, 0.2) is 5.65 Å². The predicted octanol–water partition coefficient (Wildman–Crippen LogP) is 4.83. The normalized spacial score (nSPS) is 17.0. The van der Waals surface area contributed by atoms with Crippen molar-refractivity contribution < 1.29 is 22.4 Å². The van der Waals surface area contributed by atoms with Gasteiger partial charge in [-0.3, -0.25) is 9.20 Å². The SMILES string of the molecule is Cc1cc(C(=O)N2CCCC(c3nnc4ccc(C(F)(F)F)cn34)C2)c(C)n1Cc1ccco1. The van der Waals surface area contributed by atoms with E-state index in [2.05, 4.69) is 10.2 Å². The van der Waals surface area contributed by atoms with Crippen LogP contribution in [0.5, 0.6) is 0 Å². The number of fused-ring (bicyclic) bond motifs is 1. The highest BCUT2D eigenvalue weighted by atomic mass is 19.4. The molecule has 178 valence electrons. The molecule has 5 heterocycles. The molecule has 10 heteroatoms. The Morgan fingerprint density at radius 3 is 2.76 bits per heavy atom. The van der Waals surface area contributed by atoms with E-state index in [1.807, 2.05) is 36.6 Å². The molecule has 0 spiro atoms. The molecule has 1 fully saturated rings. The Bertz CT molecular complexity index is 1340. The van der Waals surface area contributed by atoms with Gasteiger partial charge in [-0.1, -0.05) is 0 Å². The van der Waals surface area contributed by atoms with Crippen molar-refractivity contribution in [2.75, 3.05) is 13.1 Å². The van der Waals surface area contributed by atoms with E-state index >= 15 is 0 Å². The molecule has 0 N–H and O–H groups in total. The summed E-state index contributed by atoms with van der Waals surface area (Å²) in [5, 5.41) is 8.22. The molecule has 1 amide bonds. The van der Waals surface area contributed by atoms with Gasteiger partial charge in [-0.15, -0.1) is 10.2 Å². The molecule has 1 aliphatic heterocycles. The number of carbonyl (C=O) groups is 1. The number of carbonyl (C=O) groups excluding carboxylic acids is 1. The first-order valence-corrected chi connectivity index (χ1v) is 11.1. The fourth-order valence-electron chi connectivity index (χ4n) is 4.72. The molecule has 0 saturated carbocycles. The average molecular weight is 471 g/mol. The molecule has 1 unspecified atom stereocenters. The van der Waals surface area contributed by atoms with Crippen LogP contribution in [-0.2, 0) is 12.7 Å². The van der Waals surface area contributed by atoms with Crippen molar-refractivity contribution in [1.29, 1.82) is 0 Å². The lowest BCUT2D eigenvalue weighted by Gasteiger charge is -2.32. The molecule has 1 saturated heterocycles. The molecule has 0 bridgehead atoms. The highest BCUT2D eigenvalue weighted by Gasteiger charge is 2.33.